The Labute approximate surface area is 118 Å². The fraction of sp³-hybridized carbons (Fsp3) is 0.357. The summed E-state index contributed by atoms with van der Waals surface area (Å²) in [5, 5.41) is 3.72. The van der Waals surface area contributed by atoms with Crippen molar-refractivity contribution in [3.8, 4) is 11.4 Å². The van der Waals surface area contributed by atoms with Crippen LogP contribution >= 0.6 is 0 Å². The molecule has 1 aliphatic rings. The monoisotopic (exact) mass is 294 g/mol. The topological polar surface area (TPSA) is 65.2 Å². The highest BCUT2D eigenvalue weighted by Crippen LogP contribution is 2.48. The minimum absolute atomic E-state index is 0.111. The Bertz CT molecular complexity index is 695. The third-order valence-electron chi connectivity index (χ3n) is 3.43. The molecule has 1 saturated carbocycles. The molecule has 1 fully saturated rings. The average molecular weight is 294 g/mol. The molecular formula is C14H12F2N2O3. The van der Waals surface area contributed by atoms with E-state index in [-0.39, 0.29) is 23.9 Å². The third kappa shape index (κ3) is 2.28. The maximum Gasteiger partial charge on any atom is 0.321 e. The first-order valence-corrected chi connectivity index (χ1v) is 6.53. The number of esters is 1. The van der Waals surface area contributed by atoms with Gasteiger partial charge in [0.2, 0.25) is 11.7 Å². The van der Waals surface area contributed by atoms with Gasteiger partial charge in [-0.3, -0.25) is 4.79 Å². The van der Waals surface area contributed by atoms with E-state index in [1.807, 2.05) is 0 Å². The molecule has 0 N–H and O–H groups in total. The summed E-state index contributed by atoms with van der Waals surface area (Å²) in [6.07, 6.45) is 1.15. The van der Waals surface area contributed by atoms with Crippen LogP contribution in [-0.2, 0) is 14.9 Å². The van der Waals surface area contributed by atoms with Gasteiger partial charge in [-0.1, -0.05) is 5.16 Å². The van der Waals surface area contributed by atoms with Gasteiger partial charge in [-0.25, -0.2) is 8.78 Å². The molecule has 0 bridgehead atoms. The lowest BCUT2D eigenvalue weighted by Gasteiger charge is -2.07. The summed E-state index contributed by atoms with van der Waals surface area (Å²) < 4.78 is 36.2. The molecule has 110 valence electrons. The molecule has 0 unspecified atom stereocenters. The van der Waals surface area contributed by atoms with Crippen LogP contribution in [0.3, 0.4) is 0 Å². The number of aromatic nitrogens is 2. The molecular weight excluding hydrogens is 282 g/mol. The number of carbonyl (C=O) groups excluding carboxylic acids is 1. The number of benzene rings is 1. The SMILES string of the molecule is CCOC(=O)C1(c2nc(-c3ccc(F)c(F)c3)no2)CC1. The lowest BCUT2D eigenvalue weighted by Crippen LogP contribution is -2.23. The van der Waals surface area contributed by atoms with Crippen molar-refractivity contribution in [3.05, 3.63) is 35.7 Å². The van der Waals surface area contributed by atoms with Crippen LogP contribution in [0.2, 0.25) is 0 Å². The third-order valence-corrected chi connectivity index (χ3v) is 3.43. The van der Waals surface area contributed by atoms with Crippen molar-refractivity contribution in [3.63, 3.8) is 0 Å². The molecule has 0 radical (unpaired) electrons. The van der Waals surface area contributed by atoms with E-state index < -0.39 is 23.0 Å². The fourth-order valence-corrected chi connectivity index (χ4v) is 2.07. The molecule has 1 aliphatic carbocycles. The molecule has 1 aromatic heterocycles. The Morgan fingerprint density at radius 2 is 2.14 bits per heavy atom. The molecule has 0 saturated heterocycles. The van der Waals surface area contributed by atoms with Crippen LogP contribution in [-0.4, -0.2) is 22.7 Å². The highest BCUT2D eigenvalue weighted by atomic mass is 19.2. The van der Waals surface area contributed by atoms with Crippen LogP contribution in [0.1, 0.15) is 25.7 Å². The molecule has 1 heterocycles. The van der Waals surface area contributed by atoms with Gasteiger partial charge in [0.1, 0.15) is 5.41 Å². The normalized spacial score (nSPS) is 15.8. The summed E-state index contributed by atoms with van der Waals surface area (Å²) in [4.78, 5) is 16.0. The zero-order chi connectivity index (χ0) is 15.0. The molecule has 1 aromatic carbocycles. The van der Waals surface area contributed by atoms with E-state index in [1.54, 1.807) is 6.92 Å². The Kier molecular flexibility index (Phi) is 3.19. The van der Waals surface area contributed by atoms with Gasteiger partial charge in [0, 0.05) is 5.56 Å². The Balaban J connectivity index is 1.90. The predicted molar refractivity (Wildman–Crippen MR) is 67.2 cm³/mol. The number of ether oxygens (including phenoxy) is 1. The number of hydrogen-bond acceptors (Lipinski definition) is 5. The van der Waals surface area contributed by atoms with Crippen LogP contribution in [0.5, 0.6) is 0 Å². The van der Waals surface area contributed by atoms with Crippen LogP contribution in [0.25, 0.3) is 11.4 Å². The summed E-state index contributed by atoms with van der Waals surface area (Å²) in [6.45, 7) is 1.99. The highest BCUT2D eigenvalue weighted by molar-refractivity contribution is 5.85. The second kappa shape index (κ2) is 4.91. The van der Waals surface area contributed by atoms with Crippen molar-refractivity contribution in [2.75, 3.05) is 6.61 Å². The lowest BCUT2D eigenvalue weighted by atomic mass is 10.1. The number of hydrogen-bond donors (Lipinski definition) is 0. The summed E-state index contributed by atoms with van der Waals surface area (Å²) in [6, 6.07) is 3.31. The van der Waals surface area contributed by atoms with E-state index in [0.29, 0.717) is 12.8 Å². The first-order valence-electron chi connectivity index (χ1n) is 6.53. The Morgan fingerprint density at radius 1 is 1.38 bits per heavy atom. The summed E-state index contributed by atoms with van der Waals surface area (Å²) in [5.74, 6) is -2.08. The van der Waals surface area contributed by atoms with Gasteiger partial charge in [0.25, 0.3) is 0 Å². The molecule has 2 aromatic rings. The summed E-state index contributed by atoms with van der Waals surface area (Å²) >= 11 is 0. The standard InChI is InChI=1S/C14H12F2N2O3/c1-2-20-13(19)14(5-6-14)12-17-11(18-21-12)8-3-4-9(15)10(16)7-8/h3-4,7H,2,5-6H2,1H3. The second-order valence-electron chi connectivity index (χ2n) is 4.85. The first-order chi connectivity index (χ1) is 10.1. The minimum atomic E-state index is -0.995. The number of rotatable bonds is 4. The average Bonchev–Trinajstić information content (AvgIpc) is 3.13. The van der Waals surface area contributed by atoms with E-state index >= 15 is 0 Å². The van der Waals surface area contributed by atoms with E-state index in [4.69, 9.17) is 9.26 Å². The van der Waals surface area contributed by atoms with E-state index in [2.05, 4.69) is 10.1 Å². The van der Waals surface area contributed by atoms with Crippen molar-refractivity contribution in [1.82, 2.24) is 10.1 Å². The van der Waals surface area contributed by atoms with Crippen molar-refractivity contribution in [2.24, 2.45) is 0 Å². The molecule has 0 amide bonds. The Morgan fingerprint density at radius 3 is 2.76 bits per heavy atom. The minimum Gasteiger partial charge on any atom is -0.465 e. The Hall–Kier alpha value is -2.31. The van der Waals surface area contributed by atoms with Gasteiger partial charge in [0.05, 0.1) is 6.61 Å². The van der Waals surface area contributed by atoms with Gasteiger partial charge in [-0.05, 0) is 38.0 Å². The fourth-order valence-electron chi connectivity index (χ4n) is 2.07. The van der Waals surface area contributed by atoms with E-state index in [1.165, 1.54) is 6.07 Å². The van der Waals surface area contributed by atoms with Crippen LogP contribution in [0.4, 0.5) is 8.78 Å². The van der Waals surface area contributed by atoms with Crippen molar-refractivity contribution in [1.29, 1.82) is 0 Å². The summed E-state index contributed by atoms with van der Waals surface area (Å²) in [5.41, 5.74) is -0.594. The van der Waals surface area contributed by atoms with Gasteiger partial charge in [-0.15, -0.1) is 0 Å². The molecule has 3 rings (SSSR count). The number of nitrogens with zero attached hydrogens (tertiary/aromatic N) is 2. The van der Waals surface area contributed by atoms with Gasteiger partial charge in [-0.2, -0.15) is 4.98 Å². The maximum atomic E-state index is 13.2. The molecule has 0 spiro atoms. The van der Waals surface area contributed by atoms with Gasteiger partial charge >= 0.3 is 5.97 Å². The van der Waals surface area contributed by atoms with Crippen molar-refractivity contribution < 1.29 is 22.8 Å². The predicted octanol–water partition coefficient (Wildman–Crippen LogP) is 2.61. The number of halogens is 2. The van der Waals surface area contributed by atoms with Crippen molar-refractivity contribution in [2.45, 2.75) is 25.2 Å². The summed E-state index contributed by atoms with van der Waals surface area (Å²) in [7, 11) is 0. The quantitative estimate of drug-likeness (QED) is 0.811. The molecule has 21 heavy (non-hydrogen) atoms. The molecule has 7 heteroatoms. The molecule has 0 atom stereocenters. The molecule has 0 aliphatic heterocycles. The highest BCUT2D eigenvalue weighted by Gasteiger charge is 2.57. The van der Waals surface area contributed by atoms with Crippen LogP contribution in [0.15, 0.2) is 22.7 Å². The first kappa shape index (κ1) is 13.7. The smallest absolute Gasteiger partial charge is 0.321 e. The lowest BCUT2D eigenvalue weighted by molar-refractivity contribution is -0.146. The van der Waals surface area contributed by atoms with Gasteiger partial charge < -0.3 is 9.26 Å². The molecule has 5 nitrogen and oxygen atoms in total. The van der Waals surface area contributed by atoms with Gasteiger partial charge in [0.15, 0.2) is 11.6 Å². The van der Waals surface area contributed by atoms with Crippen molar-refractivity contribution >= 4 is 5.97 Å². The zero-order valence-corrected chi connectivity index (χ0v) is 11.2. The van der Waals surface area contributed by atoms with Crippen LogP contribution in [0, 0.1) is 11.6 Å². The van der Waals surface area contributed by atoms with E-state index in [0.717, 1.165) is 12.1 Å². The zero-order valence-electron chi connectivity index (χ0n) is 11.2. The number of carbonyl (C=O) groups is 1. The maximum absolute atomic E-state index is 13.2. The van der Waals surface area contributed by atoms with Crippen LogP contribution < -0.4 is 0 Å². The largest absolute Gasteiger partial charge is 0.465 e. The second-order valence-corrected chi connectivity index (χ2v) is 4.85. The van der Waals surface area contributed by atoms with E-state index in [9.17, 15) is 13.6 Å².